The van der Waals surface area contributed by atoms with E-state index in [0.29, 0.717) is 22.6 Å². The minimum atomic E-state index is -0.901. The van der Waals surface area contributed by atoms with Crippen molar-refractivity contribution < 1.29 is 23.9 Å². The third-order valence-corrected chi connectivity index (χ3v) is 4.87. The van der Waals surface area contributed by atoms with E-state index >= 15 is 0 Å². The van der Waals surface area contributed by atoms with Crippen LogP contribution < -0.4 is 25.6 Å². The fraction of sp³-hybridized carbons (Fsp3) is 0.125. The van der Waals surface area contributed by atoms with Crippen molar-refractivity contribution >= 4 is 17.7 Å². The molecule has 0 spiro atoms. The summed E-state index contributed by atoms with van der Waals surface area (Å²) in [6.07, 6.45) is 0.255. The first-order chi connectivity index (χ1) is 15.6. The smallest absolute Gasteiger partial charge is 0.269 e. The van der Waals surface area contributed by atoms with Gasteiger partial charge in [-0.25, -0.2) is 0 Å². The number of rotatable bonds is 6. The van der Waals surface area contributed by atoms with E-state index in [-0.39, 0.29) is 19.1 Å². The molecule has 1 heterocycles. The van der Waals surface area contributed by atoms with Crippen LogP contribution in [0.15, 0.2) is 78.9 Å². The zero-order chi connectivity index (χ0) is 22.3. The van der Waals surface area contributed by atoms with Crippen LogP contribution in [-0.2, 0) is 11.2 Å². The number of amides is 3. The molecule has 3 aromatic carbocycles. The van der Waals surface area contributed by atoms with Gasteiger partial charge in [-0.2, -0.15) is 0 Å². The van der Waals surface area contributed by atoms with Crippen molar-refractivity contribution in [3.05, 3.63) is 95.6 Å². The molecular formula is C24H21N3O5. The molecule has 0 aromatic heterocycles. The third-order valence-electron chi connectivity index (χ3n) is 4.87. The molecule has 0 saturated heterocycles. The topological polar surface area (TPSA) is 106 Å². The van der Waals surface area contributed by atoms with Gasteiger partial charge in [-0.15, -0.1) is 0 Å². The normalized spacial score (nSPS) is 12.5. The summed E-state index contributed by atoms with van der Waals surface area (Å²) in [5.74, 6) is -0.446. The maximum absolute atomic E-state index is 12.9. The summed E-state index contributed by atoms with van der Waals surface area (Å²) in [4.78, 5) is 37.9. The first kappa shape index (κ1) is 20.9. The highest BCUT2D eigenvalue weighted by Gasteiger charge is 2.23. The van der Waals surface area contributed by atoms with Crippen LogP contribution in [0.25, 0.3) is 0 Å². The highest BCUT2D eigenvalue weighted by Crippen LogP contribution is 2.32. The summed E-state index contributed by atoms with van der Waals surface area (Å²) in [6.45, 7) is 0.0966. The predicted molar refractivity (Wildman–Crippen MR) is 116 cm³/mol. The lowest BCUT2D eigenvalue weighted by atomic mass is 10.0. The lowest BCUT2D eigenvalue weighted by Crippen LogP contribution is -2.53. The lowest BCUT2D eigenvalue weighted by molar-refractivity contribution is -0.123. The van der Waals surface area contributed by atoms with Crippen molar-refractivity contribution in [1.29, 1.82) is 0 Å². The molecule has 1 aliphatic rings. The second-order valence-corrected chi connectivity index (χ2v) is 7.09. The summed E-state index contributed by atoms with van der Waals surface area (Å²) in [5.41, 5.74) is 6.37. The minimum absolute atomic E-state index is 0.0966. The molecule has 0 fully saturated rings. The van der Waals surface area contributed by atoms with E-state index < -0.39 is 17.9 Å². The van der Waals surface area contributed by atoms with Crippen LogP contribution in [0.3, 0.4) is 0 Å². The molecule has 0 aliphatic carbocycles. The van der Waals surface area contributed by atoms with E-state index in [1.807, 2.05) is 30.3 Å². The minimum Gasteiger partial charge on any atom is -0.454 e. The summed E-state index contributed by atoms with van der Waals surface area (Å²) < 4.78 is 10.5. The van der Waals surface area contributed by atoms with Gasteiger partial charge in [0.05, 0.1) is 0 Å². The summed E-state index contributed by atoms with van der Waals surface area (Å²) in [5, 5.41) is 2.74. The first-order valence-electron chi connectivity index (χ1n) is 10.00. The van der Waals surface area contributed by atoms with Crippen LogP contribution in [0.5, 0.6) is 11.5 Å². The largest absolute Gasteiger partial charge is 0.454 e. The van der Waals surface area contributed by atoms with Gasteiger partial charge in [-0.1, -0.05) is 48.5 Å². The van der Waals surface area contributed by atoms with Gasteiger partial charge in [-0.05, 0) is 35.9 Å². The molecule has 1 unspecified atom stereocenters. The summed E-state index contributed by atoms with van der Waals surface area (Å²) in [6, 6.07) is 21.7. The van der Waals surface area contributed by atoms with Gasteiger partial charge < -0.3 is 14.8 Å². The Morgan fingerprint density at radius 3 is 2.19 bits per heavy atom. The Morgan fingerprint density at radius 1 is 0.750 bits per heavy atom. The Labute approximate surface area is 184 Å². The Hall–Kier alpha value is -4.33. The lowest BCUT2D eigenvalue weighted by Gasteiger charge is -2.19. The second kappa shape index (κ2) is 9.65. The van der Waals surface area contributed by atoms with Gasteiger partial charge in [0, 0.05) is 17.5 Å². The van der Waals surface area contributed by atoms with Crippen molar-refractivity contribution in [2.75, 3.05) is 6.79 Å². The highest BCUT2D eigenvalue weighted by molar-refractivity contribution is 5.99. The standard InChI is InChI=1S/C24H21N3O5/c28-22(17-9-5-2-6-10-17)25-19(13-16-7-3-1-4-8-16)24(30)27-26-23(29)18-11-12-20-21(14-18)32-15-31-20/h1-12,14,19H,13,15H2,(H,25,28)(H,26,29)(H,27,30). The van der Waals surface area contributed by atoms with Gasteiger partial charge >= 0.3 is 0 Å². The Kier molecular flexibility index (Phi) is 6.31. The number of benzene rings is 3. The average molecular weight is 431 g/mol. The fourth-order valence-corrected chi connectivity index (χ4v) is 3.21. The van der Waals surface area contributed by atoms with Crippen molar-refractivity contribution in [2.24, 2.45) is 0 Å². The average Bonchev–Trinajstić information content (AvgIpc) is 3.31. The number of fused-ring (bicyclic) bond motifs is 1. The van der Waals surface area contributed by atoms with Gasteiger partial charge in [0.1, 0.15) is 6.04 Å². The summed E-state index contributed by atoms with van der Waals surface area (Å²) in [7, 11) is 0. The molecule has 4 rings (SSSR count). The van der Waals surface area contributed by atoms with E-state index in [0.717, 1.165) is 5.56 Å². The number of carbonyl (C=O) groups is 3. The van der Waals surface area contributed by atoms with Gasteiger partial charge in [0.2, 0.25) is 6.79 Å². The molecule has 3 amide bonds. The van der Waals surface area contributed by atoms with E-state index in [4.69, 9.17) is 9.47 Å². The van der Waals surface area contributed by atoms with Crippen molar-refractivity contribution in [3.63, 3.8) is 0 Å². The van der Waals surface area contributed by atoms with Crippen molar-refractivity contribution in [1.82, 2.24) is 16.2 Å². The van der Waals surface area contributed by atoms with Crippen LogP contribution in [0.4, 0.5) is 0 Å². The maximum Gasteiger partial charge on any atom is 0.269 e. The third kappa shape index (κ3) is 5.04. The molecule has 0 saturated carbocycles. The van der Waals surface area contributed by atoms with Crippen molar-refractivity contribution in [2.45, 2.75) is 12.5 Å². The van der Waals surface area contributed by atoms with Crippen molar-refractivity contribution in [3.8, 4) is 11.5 Å². The van der Waals surface area contributed by atoms with Crippen LogP contribution in [-0.4, -0.2) is 30.6 Å². The number of hydrogen-bond donors (Lipinski definition) is 3. The Morgan fingerprint density at radius 2 is 1.44 bits per heavy atom. The number of ether oxygens (including phenoxy) is 2. The molecular weight excluding hydrogens is 410 g/mol. The molecule has 3 N–H and O–H groups in total. The van der Waals surface area contributed by atoms with Crippen LogP contribution in [0, 0.1) is 0 Å². The maximum atomic E-state index is 12.9. The van der Waals surface area contributed by atoms with E-state index in [2.05, 4.69) is 16.2 Å². The van der Waals surface area contributed by atoms with Gasteiger partial charge in [0.15, 0.2) is 11.5 Å². The monoisotopic (exact) mass is 431 g/mol. The molecule has 0 radical (unpaired) electrons. The van der Waals surface area contributed by atoms with E-state index in [9.17, 15) is 14.4 Å². The highest BCUT2D eigenvalue weighted by atomic mass is 16.7. The molecule has 162 valence electrons. The molecule has 1 atom stereocenters. The fourth-order valence-electron chi connectivity index (χ4n) is 3.21. The van der Waals surface area contributed by atoms with Gasteiger partial charge in [0.25, 0.3) is 17.7 Å². The van der Waals surface area contributed by atoms with Crippen LogP contribution in [0.1, 0.15) is 26.3 Å². The number of hydrogen-bond acceptors (Lipinski definition) is 5. The first-order valence-corrected chi connectivity index (χ1v) is 10.00. The predicted octanol–water partition coefficient (Wildman–Crippen LogP) is 2.22. The zero-order valence-corrected chi connectivity index (χ0v) is 17.0. The number of hydrazine groups is 1. The molecule has 0 bridgehead atoms. The quantitative estimate of drug-likeness (QED) is 0.519. The summed E-state index contributed by atoms with van der Waals surface area (Å²) >= 11 is 0. The van der Waals surface area contributed by atoms with Crippen LogP contribution >= 0.6 is 0 Å². The molecule has 32 heavy (non-hydrogen) atoms. The number of nitrogens with one attached hydrogen (secondary N) is 3. The van der Waals surface area contributed by atoms with E-state index in [1.54, 1.807) is 42.5 Å². The molecule has 1 aliphatic heterocycles. The van der Waals surface area contributed by atoms with E-state index in [1.165, 1.54) is 6.07 Å². The van der Waals surface area contributed by atoms with Crippen LogP contribution in [0.2, 0.25) is 0 Å². The second-order valence-electron chi connectivity index (χ2n) is 7.09. The SMILES string of the molecule is O=C(NNC(=O)C(Cc1ccccc1)NC(=O)c1ccccc1)c1ccc2c(c1)OCO2. The molecule has 8 heteroatoms. The molecule has 8 nitrogen and oxygen atoms in total. The molecule has 3 aromatic rings. The number of carbonyl (C=O) groups excluding carboxylic acids is 3. The van der Waals surface area contributed by atoms with Gasteiger partial charge in [-0.3, -0.25) is 25.2 Å². The zero-order valence-electron chi connectivity index (χ0n) is 17.0. The Bertz CT molecular complexity index is 1120. The Balaban J connectivity index is 1.43.